The molecule has 1 aromatic heterocycles. The van der Waals surface area contributed by atoms with Crippen LogP contribution in [0.4, 0.5) is 13.2 Å². The van der Waals surface area contributed by atoms with E-state index in [1.807, 2.05) is 0 Å². The average Bonchev–Trinajstić information content (AvgIpc) is 2.63. The van der Waals surface area contributed by atoms with Gasteiger partial charge in [-0.2, -0.15) is 18.3 Å². The Hall–Kier alpha value is -1.04. The van der Waals surface area contributed by atoms with Crippen molar-refractivity contribution in [2.45, 2.75) is 31.5 Å². The summed E-state index contributed by atoms with van der Waals surface area (Å²) in [6, 6.07) is -0.520. The molecule has 1 aliphatic rings. The van der Waals surface area contributed by atoms with Gasteiger partial charge >= 0.3 is 6.18 Å². The summed E-state index contributed by atoms with van der Waals surface area (Å²) in [6.45, 7) is 0.664. The zero-order valence-electron chi connectivity index (χ0n) is 9.67. The molecule has 17 heavy (non-hydrogen) atoms. The molecular weight excluding hydrogens is 231 g/mol. The van der Waals surface area contributed by atoms with Gasteiger partial charge < -0.3 is 5.32 Å². The van der Waals surface area contributed by atoms with Crippen LogP contribution in [0.15, 0.2) is 12.4 Å². The fourth-order valence-corrected chi connectivity index (χ4v) is 2.39. The SMILES string of the molecule is Cn1cc(CC2NCCCC2C(F)(F)F)cn1. The number of nitrogens with one attached hydrogen (secondary N) is 1. The molecule has 2 heterocycles. The first kappa shape index (κ1) is 12.4. The maximum Gasteiger partial charge on any atom is 0.393 e. The lowest BCUT2D eigenvalue weighted by Crippen LogP contribution is -2.48. The summed E-state index contributed by atoms with van der Waals surface area (Å²) < 4.78 is 40.1. The van der Waals surface area contributed by atoms with Gasteiger partial charge in [-0.15, -0.1) is 0 Å². The third-order valence-corrected chi connectivity index (χ3v) is 3.22. The molecular formula is C11H16F3N3. The van der Waals surface area contributed by atoms with Crippen molar-refractivity contribution < 1.29 is 13.2 Å². The highest BCUT2D eigenvalue weighted by molar-refractivity contribution is 5.07. The van der Waals surface area contributed by atoms with Gasteiger partial charge in [-0.05, 0) is 31.4 Å². The van der Waals surface area contributed by atoms with Crippen LogP contribution in [-0.2, 0) is 13.5 Å². The third kappa shape index (κ3) is 3.00. The molecule has 0 radical (unpaired) electrons. The molecule has 6 heteroatoms. The summed E-state index contributed by atoms with van der Waals surface area (Å²) in [7, 11) is 1.76. The maximum atomic E-state index is 12.8. The summed E-state index contributed by atoms with van der Waals surface area (Å²) >= 11 is 0. The summed E-state index contributed by atoms with van der Waals surface area (Å²) in [5, 5.41) is 6.95. The van der Waals surface area contributed by atoms with Crippen molar-refractivity contribution in [1.82, 2.24) is 15.1 Å². The first-order chi connectivity index (χ1) is 7.97. The number of halogens is 3. The van der Waals surface area contributed by atoms with E-state index in [0.29, 0.717) is 19.4 Å². The first-order valence-corrected chi connectivity index (χ1v) is 5.74. The Kier molecular flexibility index (Phi) is 3.42. The number of hydrogen-bond acceptors (Lipinski definition) is 2. The molecule has 1 aliphatic heterocycles. The van der Waals surface area contributed by atoms with Crippen LogP contribution in [-0.4, -0.2) is 28.5 Å². The molecule has 96 valence electrons. The fraction of sp³-hybridized carbons (Fsp3) is 0.727. The van der Waals surface area contributed by atoms with Gasteiger partial charge in [0.05, 0.1) is 12.1 Å². The third-order valence-electron chi connectivity index (χ3n) is 3.22. The van der Waals surface area contributed by atoms with Crippen LogP contribution in [0.3, 0.4) is 0 Å². The van der Waals surface area contributed by atoms with Gasteiger partial charge in [-0.1, -0.05) is 0 Å². The van der Waals surface area contributed by atoms with E-state index in [1.54, 1.807) is 24.1 Å². The molecule has 1 N–H and O–H groups in total. The molecule has 0 aromatic carbocycles. The number of hydrogen-bond donors (Lipinski definition) is 1. The minimum atomic E-state index is -4.11. The molecule has 2 unspecified atom stereocenters. The standard InChI is InChI=1S/C11H16F3N3/c1-17-7-8(6-16-17)5-10-9(11(12,13)14)3-2-4-15-10/h6-7,9-10,15H,2-5H2,1H3. The predicted octanol–water partition coefficient (Wildman–Crippen LogP) is 1.89. The summed E-state index contributed by atoms with van der Waals surface area (Å²) in [6.07, 6.45) is 0.487. The zero-order valence-corrected chi connectivity index (χ0v) is 9.67. The number of aryl methyl sites for hydroxylation is 1. The van der Waals surface area contributed by atoms with Crippen LogP contribution in [0.1, 0.15) is 18.4 Å². The number of rotatable bonds is 2. The molecule has 3 nitrogen and oxygen atoms in total. The van der Waals surface area contributed by atoms with Gasteiger partial charge in [-0.3, -0.25) is 4.68 Å². The van der Waals surface area contributed by atoms with Crippen molar-refractivity contribution in [3.8, 4) is 0 Å². The van der Waals surface area contributed by atoms with Crippen LogP contribution in [0.5, 0.6) is 0 Å². The monoisotopic (exact) mass is 247 g/mol. The van der Waals surface area contributed by atoms with Crippen molar-refractivity contribution in [2.75, 3.05) is 6.54 Å². The quantitative estimate of drug-likeness (QED) is 0.865. The normalized spacial score (nSPS) is 26.1. The Labute approximate surface area is 98.0 Å². The molecule has 0 amide bonds. The maximum absolute atomic E-state index is 12.8. The lowest BCUT2D eigenvalue weighted by molar-refractivity contribution is -0.188. The van der Waals surface area contributed by atoms with E-state index in [0.717, 1.165) is 5.56 Å². The van der Waals surface area contributed by atoms with E-state index in [-0.39, 0.29) is 6.42 Å². The summed E-state index contributed by atoms with van der Waals surface area (Å²) in [5.74, 6) is -1.24. The van der Waals surface area contributed by atoms with E-state index in [1.165, 1.54) is 0 Å². The van der Waals surface area contributed by atoms with Crippen molar-refractivity contribution in [3.05, 3.63) is 18.0 Å². The second kappa shape index (κ2) is 4.68. The second-order valence-electron chi connectivity index (χ2n) is 4.58. The smallest absolute Gasteiger partial charge is 0.313 e. The second-order valence-corrected chi connectivity index (χ2v) is 4.58. The molecule has 1 saturated heterocycles. The van der Waals surface area contributed by atoms with Crippen molar-refractivity contribution in [1.29, 1.82) is 0 Å². The Balaban J connectivity index is 2.06. The molecule has 2 atom stereocenters. The lowest BCUT2D eigenvalue weighted by Gasteiger charge is -2.33. The Bertz CT molecular complexity index is 372. The minimum absolute atomic E-state index is 0.224. The van der Waals surface area contributed by atoms with Gasteiger partial charge in [0.25, 0.3) is 0 Å². The van der Waals surface area contributed by atoms with Crippen molar-refractivity contribution in [2.24, 2.45) is 13.0 Å². The van der Waals surface area contributed by atoms with Crippen LogP contribution in [0, 0.1) is 5.92 Å². The highest BCUT2D eigenvalue weighted by atomic mass is 19.4. The van der Waals surface area contributed by atoms with Crippen LogP contribution in [0.2, 0.25) is 0 Å². The Morgan fingerprint density at radius 1 is 1.53 bits per heavy atom. The van der Waals surface area contributed by atoms with Crippen LogP contribution in [0.25, 0.3) is 0 Å². The van der Waals surface area contributed by atoms with Gasteiger partial charge in [0.2, 0.25) is 0 Å². The first-order valence-electron chi connectivity index (χ1n) is 5.74. The van der Waals surface area contributed by atoms with E-state index in [4.69, 9.17) is 0 Å². The Morgan fingerprint density at radius 2 is 2.29 bits per heavy atom. The predicted molar refractivity (Wildman–Crippen MR) is 57.5 cm³/mol. The summed E-state index contributed by atoms with van der Waals surface area (Å²) in [4.78, 5) is 0. The topological polar surface area (TPSA) is 29.9 Å². The van der Waals surface area contributed by atoms with Gasteiger partial charge in [0.1, 0.15) is 0 Å². The van der Waals surface area contributed by atoms with Gasteiger partial charge in [0.15, 0.2) is 0 Å². The number of piperidine rings is 1. The average molecular weight is 247 g/mol. The molecule has 0 aliphatic carbocycles. The lowest BCUT2D eigenvalue weighted by atomic mass is 9.87. The van der Waals surface area contributed by atoms with Gasteiger partial charge in [-0.25, -0.2) is 0 Å². The molecule has 2 rings (SSSR count). The summed E-state index contributed by atoms with van der Waals surface area (Å²) in [5.41, 5.74) is 0.848. The molecule has 0 spiro atoms. The molecule has 1 aromatic rings. The highest BCUT2D eigenvalue weighted by Gasteiger charge is 2.45. The van der Waals surface area contributed by atoms with E-state index in [9.17, 15) is 13.2 Å². The molecule has 0 saturated carbocycles. The van der Waals surface area contributed by atoms with E-state index in [2.05, 4.69) is 10.4 Å². The number of alkyl halides is 3. The van der Waals surface area contributed by atoms with E-state index >= 15 is 0 Å². The number of aromatic nitrogens is 2. The van der Waals surface area contributed by atoms with Gasteiger partial charge in [0, 0.05) is 19.3 Å². The van der Waals surface area contributed by atoms with Crippen LogP contribution < -0.4 is 5.32 Å². The highest BCUT2D eigenvalue weighted by Crippen LogP contribution is 2.35. The molecule has 0 bridgehead atoms. The fourth-order valence-electron chi connectivity index (χ4n) is 2.39. The van der Waals surface area contributed by atoms with Crippen molar-refractivity contribution in [3.63, 3.8) is 0 Å². The number of nitrogens with zero attached hydrogens (tertiary/aromatic N) is 2. The van der Waals surface area contributed by atoms with Crippen molar-refractivity contribution >= 4 is 0 Å². The van der Waals surface area contributed by atoms with Crippen LogP contribution >= 0.6 is 0 Å². The molecule has 1 fully saturated rings. The zero-order chi connectivity index (χ0) is 12.5. The van der Waals surface area contributed by atoms with E-state index < -0.39 is 18.1 Å². The Morgan fingerprint density at radius 3 is 2.88 bits per heavy atom. The minimum Gasteiger partial charge on any atom is -0.313 e. The largest absolute Gasteiger partial charge is 0.393 e.